The molecule has 2 aliphatic rings. The van der Waals surface area contributed by atoms with E-state index in [9.17, 15) is 30.8 Å². The molecule has 7 aromatic rings. The van der Waals surface area contributed by atoms with Gasteiger partial charge in [0.15, 0.2) is 5.82 Å². The van der Waals surface area contributed by atoms with Crippen LogP contribution in [0.4, 0.5) is 32.2 Å². The number of aromatic nitrogens is 8. The zero-order valence-corrected chi connectivity index (χ0v) is 34.4. The fourth-order valence-corrected chi connectivity index (χ4v) is 9.14. The van der Waals surface area contributed by atoms with Crippen LogP contribution < -0.4 is 20.3 Å². The van der Waals surface area contributed by atoms with Gasteiger partial charge in [0.1, 0.15) is 41.1 Å². The number of alkyl halides is 4. The molecule has 63 heavy (non-hydrogen) atoms. The molecule has 23 heteroatoms. The SMILES string of the molecule is COc1nccnc1-c1ccc2c(=O)n(-c3ccc(Cl)c4c(NS(C)(=O)=O)nn(C)c34)c([C@H](Cc3cc(F)cc(F)c3)NC(=O)Cn3nc(C(F)F)c4c3C(F)(F)[C@@H]3C[C@H]43)nc2c1. The fourth-order valence-electron chi connectivity index (χ4n) is 8.40. The molecule has 2 N–H and O–H groups in total. The molecule has 2 aliphatic carbocycles. The summed E-state index contributed by atoms with van der Waals surface area (Å²) in [6, 6.07) is 8.25. The number of aryl methyl sites for hydroxylation is 1. The van der Waals surface area contributed by atoms with Gasteiger partial charge in [-0.05, 0) is 54.3 Å². The standard InChI is InChI=1S/C40H31ClF6N10O5S/c1-55-33-27(7-6-24(41)30(33)36(53-55)54-63(3,60)61)57-37(51-25-13-18(4-5-21(25)39(57)59)31-38(62-2)49-9-8-48-31)26(12-17-10-19(42)14-20(43)11-17)50-28(58)16-56-34-29(32(52-56)35(44)45)22-15-23(22)40(34,46)47/h4-11,13-14,22-23,26,35H,12,15-16H2,1-3H3,(H,50,58)(H,53,54)/t22-,23+,26-/m0/s1. The number of rotatable bonds is 12. The van der Waals surface area contributed by atoms with E-state index in [2.05, 4.69) is 30.2 Å². The van der Waals surface area contributed by atoms with Crippen molar-refractivity contribution < 1.29 is 44.3 Å². The molecule has 0 spiro atoms. The van der Waals surface area contributed by atoms with Crippen LogP contribution in [0.25, 0.3) is 38.8 Å². The highest BCUT2D eigenvalue weighted by atomic mass is 35.5. The first kappa shape index (κ1) is 41.8. The molecular formula is C40H31ClF6N10O5S. The van der Waals surface area contributed by atoms with Crippen LogP contribution in [0.5, 0.6) is 5.88 Å². The third-order valence-corrected chi connectivity index (χ3v) is 11.8. The van der Waals surface area contributed by atoms with E-state index in [1.807, 2.05) is 0 Å². The second-order valence-electron chi connectivity index (χ2n) is 15.2. The summed E-state index contributed by atoms with van der Waals surface area (Å²) in [5, 5.41) is 10.8. The zero-order valence-electron chi connectivity index (χ0n) is 32.9. The first-order valence-corrected chi connectivity index (χ1v) is 21.2. The van der Waals surface area contributed by atoms with E-state index in [1.54, 1.807) is 6.07 Å². The van der Waals surface area contributed by atoms with Crippen LogP contribution in [-0.2, 0) is 40.8 Å². The highest BCUT2D eigenvalue weighted by Gasteiger charge is 2.67. The Morgan fingerprint density at radius 3 is 2.48 bits per heavy atom. The topological polar surface area (TPSA) is 181 Å². The molecule has 0 unspecified atom stereocenters. The Bertz CT molecular complexity index is 3210. The summed E-state index contributed by atoms with van der Waals surface area (Å²) in [6.45, 7) is -1.00. The average Bonchev–Trinajstić information content (AvgIpc) is 3.75. The van der Waals surface area contributed by atoms with E-state index in [-0.39, 0.29) is 73.3 Å². The maximum absolute atomic E-state index is 15.5. The van der Waals surface area contributed by atoms with Gasteiger partial charge in [-0.15, -0.1) is 0 Å². The normalized spacial score (nSPS) is 16.9. The molecular weight excluding hydrogens is 882 g/mol. The minimum Gasteiger partial charge on any atom is -0.479 e. The van der Waals surface area contributed by atoms with Crippen LogP contribution in [0.15, 0.2) is 65.7 Å². The molecule has 1 fully saturated rings. The zero-order chi connectivity index (χ0) is 44.9. The molecule has 3 aromatic carbocycles. The molecule has 0 saturated heterocycles. The Hall–Kier alpha value is -6.55. The number of ether oxygens (including phenoxy) is 1. The predicted molar refractivity (Wildman–Crippen MR) is 216 cm³/mol. The van der Waals surface area contributed by atoms with Crippen LogP contribution in [-0.4, -0.2) is 66.8 Å². The van der Waals surface area contributed by atoms with Gasteiger partial charge in [0.25, 0.3) is 17.9 Å². The van der Waals surface area contributed by atoms with Crippen molar-refractivity contribution in [2.75, 3.05) is 18.1 Å². The average molecular weight is 913 g/mol. The van der Waals surface area contributed by atoms with Crippen molar-refractivity contribution in [3.05, 3.63) is 116 Å². The lowest BCUT2D eigenvalue weighted by atomic mass is 10.0. The molecule has 1 amide bonds. The largest absolute Gasteiger partial charge is 0.479 e. The van der Waals surface area contributed by atoms with Crippen molar-refractivity contribution in [1.29, 1.82) is 0 Å². The van der Waals surface area contributed by atoms with Gasteiger partial charge >= 0.3 is 0 Å². The molecule has 0 bridgehead atoms. The number of methoxy groups -OCH3 is 1. The van der Waals surface area contributed by atoms with Gasteiger partial charge in [-0.3, -0.25) is 28.2 Å². The molecule has 326 valence electrons. The third kappa shape index (κ3) is 7.29. The Morgan fingerprint density at radius 2 is 1.78 bits per heavy atom. The Kier molecular flexibility index (Phi) is 9.99. The number of carbonyl (C=O) groups is 1. The van der Waals surface area contributed by atoms with E-state index in [0.29, 0.717) is 16.3 Å². The van der Waals surface area contributed by atoms with E-state index in [4.69, 9.17) is 21.3 Å². The minimum absolute atomic E-state index is 0.000541. The van der Waals surface area contributed by atoms with Crippen molar-refractivity contribution in [1.82, 2.24) is 44.4 Å². The summed E-state index contributed by atoms with van der Waals surface area (Å²) in [4.78, 5) is 42.6. The number of anilines is 1. The molecule has 4 heterocycles. The summed E-state index contributed by atoms with van der Waals surface area (Å²) >= 11 is 6.63. The summed E-state index contributed by atoms with van der Waals surface area (Å²) in [5.74, 6) is -9.03. The molecule has 1 saturated carbocycles. The predicted octanol–water partition coefficient (Wildman–Crippen LogP) is 6.48. The molecule has 0 aliphatic heterocycles. The van der Waals surface area contributed by atoms with E-state index in [1.165, 1.54) is 55.5 Å². The number of benzene rings is 3. The summed E-state index contributed by atoms with van der Waals surface area (Å²) in [6.07, 6.45) is -0.0104. The number of hydrogen-bond acceptors (Lipinski definition) is 10. The first-order valence-electron chi connectivity index (χ1n) is 18.9. The minimum atomic E-state index is -3.92. The van der Waals surface area contributed by atoms with Crippen molar-refractivity contribution in [3.63, 3.8) is 0 Å². The number of hydrogen-bond donors (Lipinski definition) is 2. The fraction of sp³-hybridized carbons (Fsp3) is 0.275. The Labute approximate surface area is 356 Å². The van der Waals surface area contributed by atoms with Crippen LogP contribution >= 0.6 is 11.6 Å². The third-order valence-electron chi connectivity index (χ3n) is 10.9. The van der Waals surface area contributed by atoms with Gasteiger partial charge in [0.2, 0.25) is 21.8 Å². The molecule has 9 rings (SSSR count). The molecule has 3 atom stereocenters. The number of amides is 1. The lowest BCUT2D eigenvalue weighted by Gasteiger charge is -2.24. The number of fused-ring (bicyclic) bond motifs is 5. The molecule has 4 aromatic heterocycles. The van der Waals surface area contributed by atoms with E-state index >= 15 is 13.6 Å². The van der Waals surface area contributed by atoms with Crippen LogP contribution in [0.3, 0.4) is 0 Å². The van der Waals surface area contributed by atoms with Gasteiger partial charge in [-0.25, -0.2) is 40.9 Å². The number of nitrogens with zero attached hydrogens (tertiary/aromatic N) is 8. The highest BCUT2D eigenvalue weighted by molar-refractivity contribution is 7.92. The molecule has 0 radical (unpaired) electrons. The van der Waals surface area contributed by atoms with Crippen LogP contribution in [0, 0.1) is 17.6 Å². The summed E-state index contributed by atoms with van der Waals surface area (Å²) in [7, 11) is -1.10. The monoisotopic (exact) mass is 912 g/mol. The van der Waals surface area contributed by atoms with Gasteiger partial charge in [-0.2, -0.15) is 19.0 Å². The van der Waals surface area contributed by atoms with Gasteiger partial charge < -0.3 is 10.1 Å². The first-order chi connectivity index (χ1) is 29.8. The number of sulfonamides is 1. The Balaban J connectivity index is 1.27. The highest BCUT2D eigenvalue weighted by Crippen LogP contribution is 2.68. The van der Waals surface area contributed by atoms with Crippen LogP contribution in [0.1, 0.15) is 53.1 Å². The number of halogens is 7. The Morgan fingerprint density at radius 1 is 1.05 bits per heavy atom. The smallest absolute Gasteiger partial charge is 0.293 e. The second kappa shape index (κ2) is 15.1. The second-order valence-corrected chi connectivity index (χ2v) is 17.3. The van der Waals surface area contributed by atoms with Crippen molar-refractivity contribution in [2.45, 2.75) is 43.7 Å². The van der Waals surface area contributed by atoms with Crippen molar-refractivity contribution in [2.24, 2.45) is 13.0 Å². The number of carbonyl (C=O) groups excluding carboxylic acids is 1. The summed E-state index contributed by atoms with van der Waals surface area (Å²) in [5.41, 5.74) is -2.04. The maximum Gasteiger partial charge on any atom is 0.293 e. The number of nitrogens with one attached hydrogen (secondary N) is 2. The quantitative estimate of drug-likeness (QED) is 0.129. The van der Waals surface area contributed by atoms with Gasteiger partial charge in [0, 0.05) is 49.0 Å². The van der Waals surface area contributed by atoms with Gasteiger partial charge in [0.05, 0.1) is 51.9 Å². The van der Waals surface area contributed by atoms with E-state index < -0.39 is 87.7 Å². The van der Waals surface area contributed by atoms with Crippen molar-refractivity contribution in [3.8, 4) is 22.8 Å². The van der Waals surface area contributed by atoms with E-state index in [0.717, 1.165) is 23.0 Å². The van der Waals surface area contributed by atoms with Gasteiger partial charge in [-0.1, -0.05) is 17.7 Å². The van der Waals surface area contributed by atoms with Crippen molar-refractivity contribution >= 4 is 55.2 Å². The lowest BCUT2D eigenvalue weighted by molar-refractivity contribution is -0.123. The maximum atomic E-state index is 15.5. The summed E-state index contributed by atoms with van der Waals surface area (Å²) < 4.78 is 124. The lowest BCUT2D eigenvalue weighted by Crippen LogP contribution is -2.38. The van der Waals surface area contributed by atoms with Crippen LogP contribution in [0.2, 0.25) is 5.02 Å². The molecule has 15 nitrogen and oxygen atoms in total.